The van der Waals surface area contributed by atoms with Gasteiger partial charge in [-0.1, -0.05) is 24.8 Å². The summed E-state index contributed by atoms with van der Waals surface area (Å²) < 4.78 is 0. The fourth-order valence-corrected chi connectivity index (χ4v) is 2.07. The number of rotatable bonds is 4. The molecular formula is C15H15NO. The van der Waals surface area contributed by atoms with Crippen molar-refractivity contribution in [1.29, 1.82) is 0 Å². The number of carbonyl (C=O) groups is 1. The van der Waals surface area contributed by atoms with Crippen LogP contribution in [0.4, 0.5) is 0 Å². The number of amides is 1. The van der Waals surface area contributed by atoms with Gasteiger partial charge in [-0.25, -0.2) is 0 Å². The van der Waals surface area contributed by atoms with Gasteiger partial charge in [0.05, 0.1) is 0 Å². The van der Waals surface area contributed by atoms with E-state index in [9.17, 15) is 4.79 Å². The Bertz CT molecular complexity index is 461. The van der Waals surface area contributed by atoms with Gasteiger partial charge >= 0.3 is 0 Å². The first kappa shape index (κ1) is 11.5. The zero-order valence-corrected chi connectivity index (χ0v) is 9.78. The van der Waals surface area contributed by atoms with Crippen LogP contribution in [-0.4, -0.2) is 17.4 Å². The molecule has 1 heterocycles. The van der Waals surface area contributed by atoms with Gasteiger partial charge in [0.1, 0.15) is 0 Å². The molecule has 0 N–H and O–H groups in total. The highest BCUT2D eigenvalue weighted by Crippen LogP contribution is 2.31. The lowest BCUT2D eigenvalue weighted by atomic mass is 10.1. The standard InChI is InChI=1S/C15H15NO/c1-3-4-5-8-11-16-12(2)13-9-6-7-10-14(13)15(16)17/h1,6-7,9-10H,2,4-5,8,11H2. The first-order valence-electron chi connectivity index (χ1n) is 5.79. The van der Waals surface area contributed by atoms with Crippen LogP contribution < -0.4 is 0 Å². The van der Waals surface area contributed by atoms with E-state index in [1.54, 1.807) is 4.90 Å². The quantitative estimate of drug-likeness (QED) is 0.570. The molecule has 0 radical (unpaired) electrons. The third-order valence-electron chi connectivity index (χ3n) is 2.99. The van der Waals surface area contributed by atoms with Crippen molar-refractivity contribution in [2.45, 2.75) is 19.3 Å². The predicted octanol–water partition coefficient (Wildman–Crippen LogP) is 2.92. The van der Waals surface area contributed by atoms with Crippen molar-refractivity contribution in [2.24, 2.45) is 0 Å². The first-order valence-corrected chi connectivity index (χ1v) is 5.79. The average Bonchev–Trinajstić information content (AvgIpc) is 2.60. The lowest BCUT2D eigenvalue weighted by Crippen LogP contribution is -2.23. The Morgan fingerprint density at radius 3 is 2.59 bits per heavy atom. The number of nitrogens with zero attached hydrogens (tertiary/aromatic N) is 1. The maximum Gasteiger partial charge on any atom is 0.258 e. The third kappa shape index (κ3) is 2.09. The largest absolute Gasteiger partial charge is 0.308 e. The summed E-state index contributed by atoms with van der Waals surface area (Å²) in [5.74, 6) is 2.67. The number of hydrogen-bond acceptors (Lipinski definition) is 1. The number of carbonyl (C=O) groups excluding carboxylic acids is 1. The van der Waals surface area contributed by atoms with Crippen molar-refractivity contribution in [3.8, 4) is 12.3 Å². The summed E-state index contributed by atoms with van der Waals surface area (Å²) in [6.45, 7) is 4.69. The Morgan fingerprint density at radius 2 is 1.94 bits per heavy atom. The number of hydrogen-bond donors (Lipinski definition) is 0. The maximum absolute atomic E-state index is 12.1. The fourth-order valence-electron chi connectivity index (χ4n) is 2.07. The normalized spacial score (nSPS) is 13.7. The summed E-state index contributed by atoms with van der Waals surface area (Å²) >= 11 is 0. The highest BCUT2D eigenvalue weighted by atomic mass is 16.2. The second-order valence-electron chi connectivity index (χ2n) is 4.11. The summed E-state index contributed by atoms with van der Waals surface area (Å²) in [5, 5.41) is 0. The Hall–Kier alpha value is -2.01. The Morgan fingerprint density at radius 1 is 1.24 bits per heavy atom. The van der Waals surface area contributed by atoms with Crippen molar-refractivity contribution >= 4 is 11.6 Å². The van der Waals surface area contributed by atoms with Crippen LogP contribution >= 0.6 is 0 Å². The van der Waals surface area contributed by atoms with Crippen molar-refractivity contribution in [3.63, 3.8) is 0 Å². The lowest BCUT2D eigenvalue weighted by Gasteiger charge is -2.16. The van der Waals surface area contributed by atoms with Crippen molar-refractivity contribution in [1.82, 2.24) is 4.90 Å². The Kier molecular flexibility index (Phi) is 3.30. The number of unbranched alkanes of at least 4 members (excludes halogenated alkanes) is 2. The zero-order chi connectivity index (χ0) is 12.3. The summed E-state index contributed by atoms with van der Waals surface area (Å²) in [6.07, 6.45) is 7.83. The molecule has 2 heteroatoms. The van der Waals surface area contributed by atoms with Crippen LogP contribution in [0.2, 0.25) is 0 Å². The molecule has 0 spiro atoms. The molecule has 0 atom stereocenters. The Balaban J connectivity index is 2.06. The molecule has 0 fully saturated rings. The molecule has 0 aromatic heterocycles. The first-order chi connectivity index (χ1) is 8.25. The molecule has 0 aliphatic carbocycles. The minimum Gasteiger partial charge on any atom is -0.308 e. The molecule has 2 nitrogen and oxygen atoms in total. The maximum atomic E-state index is 12.1. The van der Waals surface area contributed by atoms with E-state index < -0.39 is 0 Å². The lowest BCUT2D eigenvalue weighted by molar-refractivity contribution is 0.0849. The van der Waals surface area contributed by atoms with E-state index in [-0.39, 0.29) is 5.91 Å². The van der Waals surface area contributed by atoms with E-state index in [0.29, 0.717) is 6.54 Å². The van der Waals surface area contributed by atoms with E-state index in [2.05, 4.69) is 12.5 Å². The minimum absolute atomic E-state index is 0.0614. The van der Waals surface area contributed by atoms with Crippen LogP contribution in [0.1, 0.15) is 35.2 Å². The summed E-state index contributed by atoms with van der Waals surface area (Å²) in [7, 11) is 0. The van der Waals surface area contributed by atoms with Crippen molar-refractivity contribution < 1.29 is 4.79 Å². The number of benzene rings is 1. The molecule has 1 aliphatic heterocycles. The van der Waals surface area contributed by atoms with Gasteiger partial charge in [0, 0.05) is 29.8 Å². The molecule has 1 amide bonds. The average molecular weight is 225 g/mol. The number of terminal acetylenes is 1. The van der Waals surface area contributed by atoms with Crippen molar-refractivity contribution in [3.05, 3.63) is 42.0 Å². The monoisotopic (exact) mass is 225 g/mol. The SMILES string of the molecule is C#CCCCCN1C(=C)c2ccccc2C1=O. The molecule has 0 unspecified atom stereocenters. The summed E-state index contributed by atoms with van der Waals surface area (Å²) in [5.41, 5.74) is 2.52. The van der Waals surface area contributed by atoms with Gasteiger partial charge in [0.2, 0.25) is 0 Å². The van der Waals surface area contributed by atoms with Crippen LogP contribution in [-0.2, 0) is 0 Å². The second kappa shape index (κ2) is 4.88. The fraction of sp³-hybridized carbons (Fsp3) is 0.267. The zero-order valence-electron chi connectivity index (χ0n) is 9.78. The molecule has 86 valence electrons. The van der Waals surface area contributed by atoms with Gasteiger partial charge in [0.25, 0.3) is 5.91 Å². The molecule has 1 aromatic carbocycles. The molecular weight excluding hydrogens is 210 g/mol. The van der Waals surface area contributed by atoms with Crippen molar-refractivity contribution in [2.75, 3.05) is 6.54 Å². The van der Waals surface area contributed by atoms with Gasteiger partial charge in [0.15, 0.2) is 0 Å². The molecule has 1 aliphatic rings. The van der Waals surface area contributed by atoms with E-state index in [1.807, 2.05) is 24.3 Å². The van der Waals surface area contributed by atoms with Gasteiger partial charge < -0.3 is 4.90 Å². The van der Waals surface area contributed by atoms with Gasteiger partial charge in [-0.2, -0.15) is 0 Å². The van der Waals surface area contributed by atoms with E-state index in [1.165, 1.54) is 0 Å². The Labute approximate surface area is 102 Å². The van der Waals surface area contributed by atoms with Gasteiger partial charge in [-0.15, -0.1) is 12.3 Å². The molecule has 0 bridgehead atoms. The molecule has 1 aromatic rings. The molecule has 17 heavy (non-hydrogen) atoms. The summed E-state index contributed by atoms with van der Waals surface area (Å²) in [6, 6.07) is 7.60. The highest BCUT2D eigenvalue weighted by Gasteiger charge is 2.29. The predicted molar refractivity (Wildman–Crippen MR) is 69.2 cm³/mol. The molecule has 0 saturated carbocycles. The van der Waals surface area contributed by atoms with Gasteiger partial charge in [-0.3, -0.25) is 4.79 Å². The second-order valence-corrected chi connectivity index (χ2v) is 4.11. The van der Waals surface area contributed by atoms with E-state index in [4.69, 9.17) is 6.42 Å². The van der Waals surface area contributed by atoms with E-state index in [0.717, 1.165) is 36.1 Å². The van der Waals surface area contributed by atoms with Crippen LogP contribution in [0.15, 0.2) is 30.8 Å². The van der Waals surface area contributed by atoms with Gasteiger partial charge in [-0.05, 0) is 18.9 Å². The van der Waals surface area contributed by atoms with Crippen LogP contribution in [0.5, 0.6) is 0 Å². The number of fused-ring (bicyclic) bond motifs is 1. The highest BCUT2D eigenvalue weighted by molar-refractivity contribution is 6.08. The molecule has 0 saturated heterocycles. The van der Waals surface area contributed by atoms with Crippen LogP contribution in [0.25, 0.3) is 5.70 Å². The summed E-state index contributed by atoms with van der Waals surface area (Å²) in [4.78, 5) is 13.8. The smallest absolute Gasteiger partial charge is 0.258 e. The van der Waals surface area contributed by atoms with Crippen LogP contribution in [0.3, 0.4) is 0 Å². The van der Waals surface area contributed by atoms with Crippen LogP contribution in [0, 0.1) is 12.3 Å². The van der Waals surface area contributed by atoms with E-state index >= 15 is 0 Å². The molecule has 2 rings (SSSR count). The third-order valence-corrected chi connectivity index (χ3v) is 2.99. The topological polar surface area (TPSA) is 20.3 Å². The minimum atomic E-state index is 0.0614.